The molecule has 2 aliphatic heterocycles. The van der Waals surface area contributed by atoms with Gasteiger partial charge in [0.25, 0.3) is 26.1 Å². The topological polar surface area (TPSA) is 380 Å². The molecule has 4 aromatic carbocycles. The lowest BCUT2D eigenvalue weighted by molar-refractivity contribution is -0.126. The number of aromatic nitrogens is 2. The van der Waals surface area contributed by atoms with Crippen LogP contribution in [0.25, 0.3) is 6.08 Å². The lowest BCUT2D eigenvalue weighted by Crippen LogP contribution is -2.38. The van der Waals surface area contributed by atoms with Crippen molar-refractivity contribution in [3.63, 3.8) is 0 Å². The molecule has 0 bridgehead atoms. The maximum atomic E-state index is 14.0. The zero-order valence-corrected chi connectivity index (χ0v) is 54.0. The quantitative estimate of drug-likeness (QED) is 0.00532. The Labute approximate surface area is 533 Å². The number of thiazole rings is 2. The van der Waals surface area contributed by atoms with E-state index in [1.54, 1.807) is 19.2 Å². The number of Topliss-reactive ketones (excluding diaryl/α,β-unsaturated/α-hetero) is 2. The van der Waals surface area contributed by atoms with E-state index < -0.39 is 49.5 Å². The van der Waals surface area contributed by atoms with Crippen LogP contribution in [0.2, 0.25) is 0 Å². The summed E-state index contributed by atoms with van der Waals surface area (Å²) in [7, 11) is -7.36. The van der Waals surface area contributed by atoms with Crippen LogP contribution in [0.3, 0.4) is 0 Å². The molecule has 4 heterocycles. The van der Waals surface area contributed by atoms with Gasteiger partial charge >= 0.3 is 0 Å². The molecule has 2 aromatic heterocycles. The van der Waals surface area contributed by atoms with Gasteiger partial charge in [-0.25, -0.2) is 0 Å². The predicted octanol–water partition coefficient (Wildman–Crippen LogP) is 9.25. The van der Waals surface area contributed by atoms with E-state index in [1.165, 1.54) is 44.2 Å². The van der Waals surface area contributed by atoms with Gasteiger partial charge in [-0.2, -0.15) is 31.8 Å². The number of nitrogens with one attached hydrogen (secondary N) is 6. The second kappa shape index (κ2) is 30.7. The van der Waals surface area contributed by atoms with Crippen molar-refractivity contribution in [2.75, 3.05) is 127 Å². The Morgan fingerprint density at radius 3 is 1.57 bits per heavy atom. The molecule has 33 heteroatoms. The molecule has 29 nitrogen and oxygen atoms in total. The molecule has 2 aliphatic rings. The molecule has 6 aromatic rings. The standard InChI is InChI=1S/C58H69N17O12S4/c1-8-72(9-2)39-16-22-44(68-70-57-65-51(74-24-28-86-29-25-74)48(88-57)34-43(35(5)76)53(78)61-37-12-18-41(19-13-37)90(80,81)82)46(32-39)63-55(59)67-56(60-7)64-47-33-40(73(10-3)11-4)17-23-45(47)69-71-58-66-52(75-26-30-87-31-27-75)50(89-58)49(36(6)77)54(79)62-38-14-20-42(21-15-38)91(83,84)85/h12-23,32-34,49H,8-11,24-31H2,1-7H3,(H,61,78)(H,62,79)(H,80,81,82)(H,83,84,85)(H4,59,60,63,64,67)/b43-34+,70-68?,71-69?. The number of nitrogens with zero attached hydrogens (tertiary/aromatic N) is 11. The van der Waals surface area contributed by atoms with Crippen molar-refractivity contribution >= 4 is 152 Å². The maximum absolute atomic E-state index is 14.0. The van der Waals surface area contributed by atoms with E-state index in [0.29, 0.717) is 123 Å². The van der Waals surface area contributed by atoms with Crippen molar-refractivity contribution in [1.29, 1.82) is 5.41 Å². The molecule has 0 saturated carbocycles. The van der Waals surface area contributed by atoms with Gasteiger partial charge in [0.05, 0.1) is 62.9 Å². The Morgan fingerprint density at radius 1 is 0.648 bits per heavy atom. The van der Waals surface area contributed by atoms with E-state index in [2.05, 4.69) is 61.8 Å². The van der Waals surface area contributed by atoms with Crippen molar-refractivity contribution in [1.82, 2.24) is 15.3 Å². The van der Waals surface area contributed by atoms with Crippen LogP contribution in [0.4, 0.5) is 67.4 Å². The number of carbonyl (C=O) groups is 4. The molecule has 0 radical (unpaired) electrons. The minimum atomic E-state index is -4.50. The lowest BCUT2D eigenvalue weighted by atomic mass is 10.0. The first-order valence-electron chi connectivity index (χ1n) is 28.7. The highest BCUT2D eigenvalue weighted by molar-refractivity contribution is 7.86. The zero-order valence-electron chi connectivity index (χ0n) is 50.8. The Balaban J connectivity index is 1.09. The number of ether oxygens (including phenoxy) is 2. The van der Waals surface area contributed by atoms with Crippen LogP contribution in [0.1, 0.15) is 57.2 Å². The highest BCUT2D eigenvalue weighted by atomic mass is 32.2. The zero-order chi connectivity index (χ0) is 65.6. The number of azo groups is 2. The molecule has 1 unspecified atom stereocenters. The third-order valence-electron chi connectivity index (χ3n) is 14.2. The fourth-order valence-corrected chi connectivity index (χ4v) is 12.4. The van der Waals surface area contributed by atoms with Crippen LogP contribution >= 0.6 is 22.7 Å². The number of ketones is 2. The SMILES string of the molecule is CCN(CC)c1ccc(N=Nc2nc(N3CCOCC3)c(/C=C(\C(C)=O)C(=O)Nc3ccc(S(=O)(=O)O)cc3)s2)c(NC(=N)N=C(NC)Nc2cc(N(CC)CC)ccc2N=Nc2nc(N3CCOCC3)c(C(C(C)=O)C(=O)Nc3ccc(S(=O)(=O)O)cc3)s2)c1. The van der Waals surface area contributed by atoms with Gasteiger partial charge in [-0.15, -0.1) is 20.5 Å². The minimum absolute atomic E-state index is 0.121. The van der Waals surface area contributed by atoms with Crippen molar-refractivity contribution < 1.29 is 54.6 Å². The first kappa shape index (κ1) is 68.0. The molecule has 482 valence electrons. The number of hydrogen-bond acceptors (Lipinski definition) is 23. The van der Waals surface area contributed by atoms with Gasteiger partial charge < -0.3 is 55.7 Å². The fourth-order valence-electron chi connectivity index (χ4n) is 9.50. The van der Waals surface area contributed by atoms with E-state index in [-0.39, 0.29) is 48.9 Å². The predicted molar refractivity (Wildman–Crippen MR) is 352 cm³/mol. The summed E-state index contributed by atoms with van der Waals surface area (Å²) in [5.74, 6) is -3.32. The summed E-state index contributed by atoms with van der Waals surface area (Å²) in [6.45, 7) is 16.5. The van der Waals surface area contributed by atoms with Crippen molar-refractivity contribution in [2.24, 2.45) is 25.4 Å². The summed E-state index contributed by atoms with van der Waals surface area (Å²) in [5, 5.41) is 42.6. The van der Waals surface area contributed by atoms with E-state index in [1.807, 2.05) is 61.8 Å². The summed E-state index contributed by atoms with van der Waals surface area (Å²) in [6, 6.07) is 20.6. The molecule has 1 atom stereocenters. The number of carbonyl (C=O) groups excluding carboxylic acids is 4. The van der Waals surface area contributed by atoms with E-state index in [9.17, 15) is 50.5 Å². The number of morpholine rings is 2. The second-order valence-electron chi connectivity index (χ2n) is 20.1. The summed E-state index contributed by atoms with van der Waals surface area (Å²) < 4.78 is 76.6. The Bertz CT molecular complexity index is 4010. The van der Waals surface area contributed by atoms with Crippen molar-refractivity contribution in [3.8, 4) is 0 Å². The van der Waals surface area contributed by atoms with E-state index in [4.69, 9.17) is 19.4 Å². The summed E-state index contributed by atoms with van der Waals surface area (Å²) in [5.41, 5.74) is 3.20. The molecule has 8 rings (SSSR count). The lowest BCUT2D eigenvalue weighted by Gasteiger charge is -2.28. The maximum Gasteiger partial charge on any atom is 0.294 e. The average Bonchev–Trinajstić information content (AvgIpc) is 1.72. The summed E-state index contributed by atoms with van der Waals surface area (Å²) in [6.07, 6.45) is 1.41. The van der Waals surface area contributed by atoms with E-state index in [0.717, 1.165) is 58.3 Å². The van der Waals surface area contributed by atoms with Crippen LogP contribution in [0.5, 0.6) is 0 Å². The average molecular weight is 1320 g/mol. The summed E-state index contributed by atoms with van der Waals surface area (Å²) in [4.78, 5) is 76.4. The number of guanidine groups is 2. The highest BCUT2D eigenvalue weighted by Gasteiger charge is 2.34. The highest BCUT2D eigenvalue weighted by Crippen LogP contribution is 2.41. The normalized spacial score (nSPS) is 14.5. The largest absolute Gasteiger partial charge is 0.378 e. The Morgan fingerprint density at radius 2 is 1.11 bits per heavy atom. The molecule has 8 N–H and O–H groups in total. The van der Waals surface area contributed by atoms with Gasteiger partial charge in [-0.1, -0.05) is 22.7 Å². The first-order valence-corrected chi connectivity index (χ1v) is 33.2. The van der Waals surface area contributed by atoms with Crippen LogP contribution in [0, 0.1) is 5.41 Å². The van der Waals surface area contributed by atoms with Crippen LogP contribution in [-0.2, 0) is 48.9 Å². The number of hydrogen-bond donors (Lipinski definition) is 8. The number of rotatable bonds is 24. The number of anilines is 8. The molecule has 91 heavy (non-hydrogen) atoms. The third kappa shape index (κ3) is 17.7. The van der Waals surface area contributed by atoms with Gasteiger partial charge in [-0.05, 0) is 133 Å². The van der Waals surface area contributed by atoms with Gasteiger partial charge in [0, 0.05) is 82.2 Å². The van der Waals surface area contributed by atoms with Gasteiger partial charge in [-0.3, -0.25) is 33.7 Å². The van der Waals surface area contributed by atoms with Gasteiger partial charge in [0.2, 0.25) is 28.1 Å². The molecule has 2 saturated heterocycles. The molecule has 2 amide bonds. The molecule has 0 aliphatic carbocycles. The number of amides is 2. The van der Waals surface area contributed by atoms with Gasteiger partial charge in [0.15, 0.2) is 5.78 Å². The van der Waals surface area contributed by atoms with Crippen LogP contribution in [-0.4, -0.2) is 157 Å². The fraction of sp³-hybridized carbons (Fsp3) is 0.345. The molecule has 2 fully saturated rings. The number of aliphatic imine (C=N–C) groups is 1. The monoisotopic (exact) mass is 1320 g/mol. The van der Waals surface area contributed by atoms with Crippen LogP contribution < -0.4 is 46.2 Å². The third-order valence-corrected chi connectivity index (χ3v) is 17.8. The summed E-state index contributed by atoms with van der Waals surface area (Å²) >= 11 is 2.08. The Kier molecular flexibility index (Phi) is 22.9. The number of benzene rings is 4. The van der Waals surface area contributed by atoms with Crippen LogP contribution in [0.15, 0.2) is 126 Å². The smallest absolute Gasteiger partial charge is 0.294 e. The first-order chi connectivity index (χ1) is 43.5. The van der Waals surface area contributed by atoms with Crippen molar-refractivity contribution in [2.45, 2.75) is 57.3 Å². The molecular weight excluding hydrogens is 1260 g/mol. The van der Waals surface area contributed by atoms with Gasteiger partial charge in [0.1, 0.15) is 34.7 Å². The Hall–Kier alpha value is -8.96. The molecule has 0 spiro atoms. The molecular formula is C58H69N17O12S4. The minimum Gasteiger partial charge on any atom is -0.378 e. The van der Waals surface area contributed by atoms with E-state index >= 15 is 0 Å². The second-order valence-corrected chi connectivity index (χ2v) is 25.0. The van der Waals surface area contributed by atoms with Crippen molar-refractivity contribution in [3.05, 3.63) is 100 Å².